The predicted octanol–water partition coefficient (Wildman–Crippen LogP) is 2.33. The van der Waals surface area contributed by atoms with Crippen LogP contribution in [-0.2, 0) is 14.3 Å². The minimum atomic E-state index is -1.01. The second kappa shape index (κ2) is 8.64. The monoisotopic (exact) mass is 398 g/mol. The number of carbonyl (C=O) groups excluding carboxylic acids is 3. The van der Waals surface area contributed by atoms with E-state index < -0.39 is 23.9 Å². The zero-order valence-electron chi connectivity index (χ0n) is 16.4. The number of aryl methyl sites for hydroxylation is 2. The highest BCUT2D eigenvalue weighted by Gasteiger charge is 2.20. The molecular formula is C21H22N2O6. The van der Waals surface area contributed by atoms with Gasteiger partial charge in [0, 0.05) is 11.3 Å². The van der Waals surface area contributed by atoms with E-state index in [4.69, 9.17) is 14.2 Å². The lowest BCUT2D eigenvalue weighted by molar-refractivity contribution is -0.152. The standard InChI is InChI=1S/C21H22N2O6/c1-12-5-4-6-13(2)19(12)23-20(25)14(3)29-18(24)10-22-21(26)15-7-8-16-17(9-15)28-11-27-16/h4-9,14H,10-11H2,1-3H3,(H,22,26)(H,23,25). The normalized spacial score (nSPS) is 12.8. The highest BCUT2D eigenvalue weighted by Crippen LogP contribution is 2.32. The van der Waals surface area contributed by atoms with Gasteiger partial charge in [0.2, 0.25) is 6.79 Å². The molecule has 0 saturated carbocycles. The van der Waals surface area contributed by atoms with Crippen LogP contribution in [0.2, 0.25) is 0 Å². The molecule has 0 spiro atoms. The van der Waals surface area contributed by atoms with Crippen LogP contribution in [-0.4, -0.2) is 37.2 Å². The third-order valence-corrected chi connectivity index (χ3v) is 4.43. The first-order valence-corrected chi connectivity index (χ1v) is 9.09. The van der Waals surface area contributed by atoms with Gasteiger partial charge in [0.05, 0.1) is 0 Å². The SMILES string of the molecule is Cc1cccc(C)c1NC(=O)C(C)OC(=O)CNC(=O)c1ccc2c(c1)OCO2. The average molecular weight is 398 g/mol. The minimum absolute atomic E-state index is 0.106. The van der Waals surface area contributed by atoms with Crippen LogP contribution in [0.4, 0.5) is 5.69 Å². The van der Waals surface area contributed by atoms with E-state index in [0.29, 0.717) is 22.7 Å². The minimum Gasteiger partial charge on any atom is -0.454 e. The Hall–Kier alpha value is -3.55. The summed E-state index contributed by atoms with van der Waals surface area (Å²) in [5, 5.41) is 5.23. The molecule has 8 heteroatoms. The molecule has 0 radical (unpaired) electrons. The molecule has 0 aliphatic carbocycles. The largest absolute Gasteiger partial charge is 0.454 e. The van der Waals surface area contributed by atoms with Gasteiger partial charge in [-0.3, -0.25) is 14.4 Å². The molecule has 152 valence electrons. The van der Waals surface area contributed by atoms with Gasteiger partial charge in [-0.15, -0.1) is 0 Å². The Morgan fingerprint density at radius 1 is 1.07 bits per heavy atom. The summed E-state index contributed by atoms with van der Waals surface area (Å²) in [5.41, 5.74) is 2.83. The van der Waals surface area contributed by atoms with Crippen molar-refractivity contribution in [2.45, 2.75) is 26.9 Å². The molecule has 1 atom stereocenters. The second-order valence-electron chi connectivity index (χ2n) is 6.64. The Bertz CT molecular complexity index is 936. The fourth-order valence-electron chi connectivity index (χ4n) is 2.82. The van der Waals surface area contributed by atoms with Crippen LogP contribution in [0.3, 0.4) is 0 Å². The summed E-state index contributed by atoms with van der Waals surface area (Å²) < 4.78 is 15.5. The third-order valence-electron chi connectivity index (χ3n) is 4.43. The molecule has 29 heavy (non-hydrogen) atoms. The van der Waals surface area contributed by atoms with Crippen LogP contribution in [0.15, 0.2) is 36.4 Å². The highest BCUT2D eigenvalue weighted by molar-refractivity contribution is 5.98. The van der Waals surface area contributed by atoms with Gasteiger partial charge in [-0.1, -0.05) is 18.2 Å². The summed E-state index contributed by atoms with van der Waals surface area (Å²) in [6.45, 7) is 4.97. The number of para-hydroxylation sites is 1. The molecule has 0 aromatic heterocycles. The summed E-state index contributed by atoms with van der Waals surface area (Å²) in [5.74, 6) is -0.601. The predicted molar refractivity (Wildman–Crippen MR) is 105 cm³/mol. The first-order valence-electron chi connectivity index (χ1n) is 9.09. The van der Waals surface area contributed by atoms with Crippen LogP contribution < -0.4 is 20.1 Å². The fraction of sp³-hybridized carbons (Fsp3) is 0.286. The topological polar surface area (TPSA) is 103 Å². The summed E-state index contributed by atoms with van der Waals surface area (Å²) in [7, 11) is 0. The van der Waals surface area contributed by atoms with E-state index in [1.807, 2.05) is 32.0 Å². The van der Waals surface area contributed by atoms with E-state index >= 15 is 0 Å². The number of benzene rings is 2. The van der Waals surface area contributed by atoms with E-state index in [1.165, 1.54) is 13.0 Å². The summed E-state index contributed by atoms with van der Waals surface area (Å²) in [4.78, 5) is 36.5. The molecule has 1 heterocycles. The van der Waals surface area contributed by atoms with Gasteiger partial charge in [0.15, 0.2) is 17.6 Å². The molecule has 1 unspecified atom stereocenters. The van der Waals surface area contributed by atoms with Crippen LogP contribution in [0.5, 0.6) is 11.5 Å². The molecule has 1 aliphatic rings. The van der Waals surface area contributed by atoms with Crippen LogP contribution in [0.1, 0.15) is 28.4 Å². The van der Waals surface area contributed by atoms with Gasteiger partial charge in [0.1, 0.15) is 6.54 Å². The van der Waals surface area contributed by atoms with Crippen molar-refractivity contribution in [3.63, 3.8) is 0 Å². The lowest BCUT2D eigenvalue weighted by atomic mass is 10.1. The number of fused-ring (bicyclic) bond motifs is 1. The van der Waals surface area contributed by atoms with Gasteiger partial charge in [0.25, 0.3) is 11.8 Å². The molecular weight excluding hydrogens is 376 g/mol. The number of ether oxygens (including phenoxy) is 3. The van der Waals surface area contributed by atoms with E-state index in [0.717, 1.165) is 11.1 Å². The third kappa shape index (κ3) is 4.84. The Labute approximate surface area is 168 Å². The summed E-state index contributed by atoms with van der Waals surface area (Å²) in [6, 6.07) is 10.4. The Morgan fingerprint density at radius 3 is 2.48 bits per heavy atom. The molecule has 3 rings (SSSR count). The zero-order valence-corrected chi connectivity index (χ0v) is 16.4. The molecule has 0 saturated heterocycles. The van der Waals surface area contributed by atoms with Crippen molar-refractivity contribution < 1.29 is 28.6 Å². The molecule has 2 aromatic rings. The lowest BCUT2D eigenvalue weighted by Crippen LogP contribution is -2.36. The van der Waals surface area contributed by atoms with Crippen LogP contribution in [0, 0.1) is 13.8 Å². The zero-order chi connectivity index (χ0) is 21.0. The molecule has 2 N–H and O–H groups in total. The number of nitrogens with one attached hydrogen (secondary N) is 2. The van der Waals surface area contributed by atoms with Gasteiger partial charge in [-0.05, 0) is 50.1 Å². The number of carbonyl (C=O) groups is 3. The fourth-order valence-corrected chi connectivity index (χ4v) is 2.82. The molecule has 2 amide bonds. The van der Waals surface area contributed by atoms with Gasteiger partial charge in [-0.25, -0.2) is 0 Å². The second-order valence-corrected chi connectivity index (χ2v) is 6.64. The Morgan fingerprint density at radius 2 is 1.76 bits per heavy atom. The van der Waals surface area contributed by atoms with Crippen molar-refractivity contribution in [3.05, 3.63) is 53.1 Å². The van der Waals surface area contributed by atoms with E-state index in [9.17, 15) is 14.4 Å². The van der Waals surface area contributed by atoms with Crippen LogP contribution >= 0.6 is 0 Å². The van der Waals surface area contributed by atoms with Crippen LogP contribution in [0.25, 0.3) is 0 Å². The molecule has 1 aliphatic heterocycles. The lowest BCUT2D eigenvalue weighted by Gasteiger charge is -2.16. The molecule has 0 fully saturated rings. The van der Waals surface area contributed by atoms with Crippen molar-refractivity contribution in [3.8, 4) is 11.5 Å². The maximum atomic E-state index is 12.3. The number of amides is 2. The smallest absolute Gasteiger partial charge is 0.326 e. The summed E-state index contributed by atoms with van der Waals surface area (Å²) >= 11 is 0. The van der Waals surface area contributed by atoms with Crippen molar-refractivity contribution >= 4 is 23.5 Å². The number of esters is 1. The first kappa shape index (κ1) is 20.2. The highest BCUT2D eigenvalue weighted by atomic mass is 16.7. The number of anilines is 1. The van der Waals surface area contributed by atoms with Crippen molar-refractivity contribution in [2.24, 2.45) is 0 Å². The maximum absolute atomic E-state index is 12.3. The van der Waals surface area contributed by atoms with E-state index in [1.54, 1.807) is 12.1 Å². The number of rotatable bonds is 6. The maximum Gasteiger partial charge on any atom is 0.326 e. The quantitative estimate of drug-likeness (QED) is 0.724. The molecule has 8 nitrogen and oxygen atoms in total. The van der Waals surface area contributed by atoms with Gasteiger partial charge in [-0.2, -0.15) is 0 Å². The average Bonchev–Trinajstić information content (AvgIpc) is 3.16. The van der Waals surface area contributed by atoms with E-state index in [-0.39, 0.29) is 13.3 Å². The van der Waals surface area contributed by atoms with Gasteiger partial charge >= 0.3 is 5.97 Å². The Balaban J connectivity index is 1.49. The summed E-state index contributed by atoms with van der Waals surface area (Å²) in [6.07, 6.45) is -1.01. The first-order chi connectivity index (χ1) is 13.8. The number of hydrogen-bond donors (Lipinski definition) is 2. The van der Waals surface area contributed by atoms with Gasteiger partial charge < -0.3 is 24.8 Å². The number of hydrogen-bond acceptors (Lipinski definition) is 6. The molecule has 0 bridgehead atoms. The van der Waals surface area contributed by atoms with Crippen molar-refractivity contribution in [1.82, 2.24) is 5.32 Å². The molecule has 2 aromatic carbocycles. The van der Waals surface area contributed by atoms with Crippen molar-refractivity contribution in [2.75, 3.05) is 18.7 Å². The van der Waals surface area contributed by atoms with Crippen molar-refractivity contribution in [1.29, 1.82) is 0 Å². The van der Waals surface area contributed by atoms with E-state index in [2.05, 4.69) is 10.6 Å². The Kier molecular flexibility index (Phi) is 6.01.